The molecule has 2 aromatic rings. The fourth-order valence-electron chi connectivity index (χ4n) is 1.37. The molecule has 1 unspecified atom stereocenters. The van der Waals surface area contributed by atoms with Crippen LogP contribution in [0.2, 0.25) is 0 Å². The van der Waals surface area contributed by atoms with Crippen molar-refractivity contribution in [2.24, 2.45) is 5.73 Å². The van der Waals surface area contributed by atoms with Gasteiger partial charge in [0.2, 0.25) is 0 Å². The zero-order valence-electron chi connectivity index (χ0n) is 8.63. The minimum Gasteiger partial charge on any atom is -0.491 e. The van der Waals surface area contributed by atoms with Crippen LogP contribution < -0.4 is 10.5 Å². The normalized spacial score (nSPS) is 12.0. The monoisotopic (exact) mass is 213 g/mol. The van der Waals surface area contributed by atoms with Gasteiger partial charge in [-0.25, -0.2) is 0 Å². The molecule has 16 heavy (non-hydrogen) atoms. The summed E-state index contributed by atoms with van der Waals surface area (Å²) in [7, 11) is 0. The van der Waals surface area contributed by atoms with Gasteiger partial charge in [0.15, 0.2) is 0 Å². The summed E-state index contributed by atoms with van der Waals surface area (Å²) in [4.78, 5) is 4.20. The highest BCUT2D eigenvalue weighted by Crippen LogP contribution is 2.18. The Hall–Kier alpha value is -2.12. The molecule has 1 aromatic carbocycles. The predicted molar refractivity (Wildman–Crippen MR) is 60.8 cm³/mol. The predicted octanol–water partition coefficient (Wildman–Crippen LogP) is 1.46. The number of nitrogens with zero attached hydrogens (tertiary/aromatic N) is 2. The molecule has 1 heterocycles. The fraction of sp³-hybridized carbons (Fsp3) is 0.167. The van der Waals surface area contributed by atoms with E-state index >= 15 is 0 Å². The highest BCUT2D eigenvalue weighted by Gasteiger charge is 2.02. The average Bonchev–Trinajstić information content (AvgIpc) is 2.35. The van der Waals surface area contributed by atoms with Crippen molar-refractivity contribution in [1.29, 1.82) is 5.26 Å². The van der Waals surface area contributed by atoms with Gasteiger partial charge in [-0.3, -0.25) is 4.98 Å². The molecule has 0 amide bonds. The zero-order valence-corrected chi connectivity index (χ0v) is 8.63. The smallest absolute Gasteiger partial charge is 0.127 e. The Balaban J connectivity index is 2.17. The van der Waals surface area contributed by atoms with Crippen LogP contribution in [0.25, 0.3) is 10.9 Å². The number of nitrogens with two attached hydrogens (primary N) is 1. The first kappa shape index (κ1) is 10.4. The van der Waals surface area contributed by atoms with Gasteiger partial charge < -0.3 is 10.5 Å². The third-order valence-electron chi connectivity index (χ3n) is 2.17. The van der Waals surface area contributed by atoms with Gasteiger partial charge in [0.25, 0.3) is 0 Å². The van der Waals surface area contributed by atoms with Crippen molar-refractivity contribution < 1.29 is 4.74 Å². The Kier molecular flexibility index (Phi) is 2.99. The molecule has 1 aromatic heterocycles. The van der Waals surface area contributed by atoms with E-state index in [-0.39, 0.29) is 6.61 Å². The number of rotatable bonds is 3. The summed E-state index contributed by atoms with van der Waals surface area (Å²) in [6.45, 7) is 0.197. The second-order valence-electron chi connectivity index (χ2n) is 3.40. The number of ether oxygens (including phenoxy) is 1. The van der Waals surface area contributed by atoms with Crippen molar-refractivity contribution in [2.75, 3.05) is 6.61 Å². The van der Waals surface area contributed by atoms with Crippen LogP contribution in [0.4, 0.5) is 0 Å². The van der Waals surface area contributed by atoms with Crippen molar-refractivity contribution >= 4 is 10.9 Å². The molecule has 0 aliphatic rings. The SMILES string of the molecule is N#CC(N)COc1ccc2ncccc2c1. The summed E-state index contributed by atoms with van der Waals surface area (Å²) in [5, 5.41) is 9.52. The first-order valence-electron chi connectivity index (χ1n) is 4.92. The van der Waals surface area contributed by atoms with Crippen molar-refractivity contribution in [3.05, 3.63) is 36.5 Å². The maximum Gasteiger partial charge on any atom is 0.127 e. The van der Waals surface area contributed by atoms with Crippen molar-refractivity contribution in [1.82, 2.24) is 4.98 Å². The molecule has 4 heteroatoms. The fourth-order valence-corrected chi connectivity index (χ4v) is 1.37. The van der Waals surface area contributed by atoms with Crippen molar-refractivity contribution in [2.45, 2.75) is 6.04 Å². The van der Waals surface area contributed by atoms with E-state index in [0.717, 1.165) is 10.9 Å². The van der Waals surface area contributed by atoms with Gasteiger partial charge in [0, 0.05) is 11.6 Å². The number of pyridine rings is 1. The van der Waals surface area contributed by atoms with E-state index in [2.05, 4.69) is 4.98 Å². The Morgan fingerprint density at radius 3 is 3.12 bits per heavy atom. The van der Waals surface area contributed by atoms with E-state index in [1.165, 1.54) is 0 Å². The molecule has 0 aliphatic heterocycles. The Morgan fingerprint density at radius 1 is 1.44 bits per heavy atom. The second-order valence-corrected chi connectivity index (χ2v) is 3.40. The molecule has 2 N–H and O–H groups in total. The van der Waals surface area contributed by atoms with Gasteiger partial charge in [-0.15, -0.1) is 0 Å². The summed E-state index contributed by atoms with van der Waals surface area (Å²) in [6, 6.07) is 10.7. The number of aromatic nitrogens is 1. The summed E-state index contributed by atoms with van der Waals surface area (Å²) in [5.74, 6) is 0.700. The van der Waals surface area contributed by atoms with Crippen LogP contribution in [0.3, 0.4) is 0 Å². The van der Waals surface area contributed by atoms with E-state index in [1.807, 2.05) is 36.4 Å². The van der Waals surface area contributed by atoms with Crippen LogP contribution in [0, 0.1) is 11.3 Å². The molecule has 0 saturated carbocycles. The average molecular weight is 213 g/mol. The topological polar surface area (TPSA) is 71.9 Å². The molecule has 0 saturated heterocycles. The Labute approximate surface area is 93.3 Å². The van der Waals surface area contributed by atoms with Gasteiger partial charge in [-0.2, -0.15) is 5.26 Å². The molecule has 1 atom stereocenters. The second kappa shape index (κ2) is 4.60. The first-order valence-corrected chi connectivity index (χ1v) is 4.92. The van der Waals surface area contributed by atoms with Crippen LogP contribution >= 0.6 is 0 Å². The van der Waals surface area contributed by atoms with Gasteiger partial charge in [0.1, 0.15) is 18.4 Å². The number of fused-ring (bicyclic) bond motifs is 1. The first-order chi connectivity index (χ1) is 7.79. The largest absolute Gasteiger partial charge is 0.491 e. The lowest BCUT2D eigenvalue weighted by Gasteiger charge is -2.07. The van der Waals surface area contributed by atoms with Crippen LogP contribution in [0.1, 0.15) is 0 Å². The summed E-state index contributed by atoms with van der Waals surface area (Å²) in [5.41, 5.74) is 6.35. The van der Waals surface area contributed by atoms with Gasteiger partial charge in [-0.1, -0.05) is 6.07 Å². The molecule has 0 bridgehead atoms. The van der Waals surface area contributed by atoms with Crippen molar-refractivity contribution in [3.63, 3.8) is 0 Å². The van der Waals surface area contributed by atoms with Gasteiger partial charge >= 0.3 is 0 Å². The van der Waals surface area contributed by atoms with E-state index in [0.29, 0.717) is 5.75 Å². The highest BCUT2D eigenvalue weighted by atomic mass is 16.5. The highest BCUT2D eigenvalue weighted by molar-refractivity contribution is 5.79. The van der Waals surface area contributed by atoms with E-state index in [9.17, 15) is 0 Å². The lowest BCUT2D eigenvalue weighted by molar-refractivity contribution is 0.309. The quantitative estimate of drug-likeness (QED) is 0.837. The zero-order chi connectivity index (χ0) is 11.4. The van der Waals surface area contributed by atoms with E-state index in [1.54, 1.807) is 6.20 Å². The summed E-state index contributed by atoms with van der Waals surface area (Å²) >= 11 is 0. The molecular formula is C12H11N3O. The molecule has 4 nitrogen and oxygen atoms in total. The maximum atomic E-state index is 8.52. The van der Waals surface area contributed by atoms with Gasteiger partial charge in [-0.05, 0) is 24.3 Å². The van der Waals surface area contributed by atoms with Crippen LogP contribution in [-0.4, -0.2) is 17.6 Å². The number of nitriles is 1. The molecule has 2 rings (SSSR count). The van der Waals surface area contributed by atoms with Gasteiger partial charge in [0.05, 0.1) is 11.6 Å². The van der Waals surface area contributed by atoms with E-state index < -0.39 is 6.04 Å². The standard InChI is InChI=1S/C12H11N3O/c13-7-10(14)8-16-11-3-4-12-9(6-11)2-1-5-15-12/h1-6,10H,8,14H2. The summed E-state index contributed by atoms with van der Waals surface area (Å²) in [6.07, 6.45) is 1.74. The maximum absolute atomic E-state index is 8.52. The summed E-state index contributed by atoms with van der Waals surface area (Å²) < 4.78 is 5.39. The van der Waals surface area contributed by atoms with E-state index in [4.69, 9.17) is 15.7 Å². The minimum absolute atomic E-state index is 0.197. The van der Waals surface area contributed by atoms with Crippen LogP contribution in [0.15, 0.2) is 36.5 Å². The third-order valence-corrected chi connectivity index (χ3v) is 2.17. The van der Waals surface area contributed by atoms with Crippen LogP contribution in [-0.2, 0) is 0 Å². The third kappa shape index (κ3) is 2.27. The minimum atomic E-state index is -0.593. The number of benzene rings is 1. The molecule has 0 fully saturated rings. The molecular weight excluding hydrogens is 202 g/mol. The lowest BCUT2D eigenvalue weighted by Crippen LogP contribution is -2.25. The Bertz CT molecular complexity index is 533. The number of hydrogen-bond acceptors (Lipinski definition) is 4. The van der Waals surface area contributed by atoms with Crippen LogP contribution in [0.5, 0.6) is 5.75 Å². The van der Waals surface area contributed by atoms with Crippen molar-refractivity contribution in [3.8, 4) is 11.8 Å². The molecule has 0 radical (unpaired) electrons. The Morgan fingerprint density at radius 2 is 2.31 bits per heavy atom. The lowest BCUT2D eigenvalue weighted by atomic mass is 10.2. The number of hydrogen-bond donors (Lipinski definition) is 1. The molecule has 80 valence electrons. The molecule has 0 aliphatic carbocycles. The molecule has 0 spiro atoms.